The average molecular weight is 263 g/mol. The molecule has 0 radical (unpaired) electrons. The summed E-state index contributed by atoms with van der Waals surface area (Å²) in [6, 6.07) is 3.02. The first-order valence-electron chi connectivity index (χ1n) is 4.77. The summed E-state index contributed by atoms with van der Waals surface area (Å²) in [7, 11) is -3.45. The van der Waals surface area contributed by atoms with E-state index in [2.05, 4.69) is 0 Å². The molecule has 0 aliphatic heterocycles. The molecule has 1 rings (SSSR count). The lowest BCUT2D eigenvalue weighted by Gasteiger charge is -2.21. The van der Waals surface area contributed by atoms with Crippen LogP contribution in [0, 0.1) is 0 Å². The second-order valence-corrected chi connectivity index (χ2v) is 7.16. The SMILES string of the molecule is CC(C)(C)c1ccc(S(C)(=O)=O)c(O)c1Cl. The molecule has 3 nitrogen and oxygen atoms in total. The minimum Gasteiger partial charge on any atom is -0.505 e. The molecule has 1 N–H and O–H groups in total. The Kier molecular flexibility index (Phi) is 3.27. The first kappa shape index (κ1) is 13.3. The normalized spacial score (nSPS) is 12.8. The molecule has 0 bridgehead atoms. The fourth-order valence-corrected chi connectivity index (χ4v) is 2.70. The van der Waals surface area contributed by atoms with Gasteiger partial charge >= 0.3 is 0 Å². The van der Waals surface area contributed by atoms with Crippen molar-refractivity contribution < 1.29 is 13.5 Å². The molecule has 0 unspecified atom stereocenters. The Labute approximate surface area is 101 Å². The van der Waals surface area contributed by atoms with Gasteiger partial charge in [-0.1, -0.05) is 38.4 Å². The third-order valence-electron chi connectivity index (χ3n) is 2.29. The number of hydrogen-bond acceptors (Lipinski definition) is 3. The Morgan fingerprint density at radius 1 is 1.25 bits per heavy atom. The minimum absolute atomic E-state index is 0.107. The lowest BCUT2D eigenvalue weighted by Crippen LogP contribution is -2.12. The molecule has 0 aliphatic carbocycles. The summed E-state index contributed by atoms with van der Waals surface area (Å²) in [5.41, 5.74) is 0.476. The Hall–Kier alpha value is -0.740. The molecule has 0 aromatic heterocycles. The van der Waals surface area contributed by atoms with Crippen molar-refractivity contribution in [2.75, 3.05) is 6.26 Å². The number of sulfone groups is 1. The van der Waals surface area contributed by atoms with Crippen molar-refractivity contribution in [3.8, 4) is 5.75 Å². The highest BCUT2D eigenvalue weighted by atomic mass is 35.5. The standard InChI is InChI=1S/C11H15ClO3S/c1-11(2,3)7-5-6-8(16(4,14)15)10(13)9(7)12/h5-6,13H,1-4H3. The van der Waals surface area contributed by atoms with Crippen molar-refractivity contribution in [1.82, 2.24) is 0 Å². The molecule has 5 heteroatoms. The Morgan fingerprint density at radius 2 is 1.75 bits per heavy atom. The zero-order valence-electron chi connectivity index (χ0n) is 9.70. The van der Waals surface area contributed by atoms with Crippen LogP contribution in [-0.4, -0.2) is 19.8 Å². The fraction of sp³-hybridized carbons (Fsp3) is 0.455. The summed E-state index contributed by atoms with van der Waals surface area (Å²) in [4.78, 5) is -0.134. The molecule has 0 aliphatic rings. The van der Waals surface area contributed by atoms with Crippen molar-refractivity contribution in [3.05, 3.63) is 22.7 Å². The zero-order chi connectivity index (χ0) is 12.7. The molecule has 1 aromatic carbocycles. The van der Waals surface area contributed by atoms with E-state index in [1.807, 2.05) is 20.8 Å². The number of hydrogen-bond donors (Lipinski definition) is 1. The predicted molar refractivity (Wildman–Crippen MR) is 64.9 cm³/mol. The smallest absolute Gasteiger partial charge is 0.179 e. The van der Waals surface area contributed by atoms with Gasteiger partial charge in [-0.3, -0.25) is 0 Å². The summed E-state index contributed by atoms with van der Waals surface area (Å²) in [5.74, 6) is -0.364. The summed E-state index contributed by atoms with van der Waals surface area (Å²) >= 11 is 5.97. The molecule has 1 aromatic rings. The third kappa shape index (κ3) is 2.50. The maximum Gasteiger partial charge on any atom is 0.179 e. The van der Waals surface area contributed by atoms with Crippen LogP contribution in [0.15, 0.2) is 17.0 Å². The molecule has 0 atom stereocenters. The molecule has 0 heterocycles. The van der Waals surface area contributed by atoms with Crippen LogP contribution in [-0.2, 0) is 15.3 Å². The van der Waals surface area contributed by atoms with Crippen LogP contribution >= 0.6 is 11.6 Å². The van der Waals surface area contributed by atoms with Crippen molar-refractivity contribution in [1.29, 1.82) is 0 Å². The first-order valence-corrected chi connectivity index (χ1v) is 7.04. The molecule has 16 heavy (non-hydrogen) atoms. The van der Waals surface area contributed by atoms with Crippen molar-refractivity contribution in [2.45, 2.75) is 31.1 Å². The number of rotatable bonds is 1. The van der Waals surface area contributed by atoms with E-state index in [4.69, 9.17) is 11.6 Å². The Morgan fingerprint density at radius 3 is 2.12 bits per heavy atom. The van der Waals surface area contributed by atoms with E-state index >= 15 is 0 Å². The number of halogens is 1. The summed E-state index contributed by atoms with van der Waals surface area (Å²) in [6.45, 7) is 5.81. The van der Waals surface area contributed by atoms with E-state index < -0.39 is 9.84 Å². The predicted octanol–water partition coefficient (Wildman–Crippen LogP) is 2.75. The first-order chi connectivity index (χ1) is 7.05. The molecule has 0 saturated heterocycles. The molecule has 90 valence electrons. The number of aromatic hydroxyl groups is 1. The molecule has 0 amide bonds. The summed E-state index contributed by atoms with van der Waals surface area (Å²) < 4.78 is 22.7. The maximum absolute atomic E-state index is 11.3. The van der Waals surface area contributed by atoms with Gasteiger partial charge in [0.2, 0.25) is 0 Å². The van der Waals surface area contributed by atoms with Gasteiger partial charge in [0.15, 0.2) is 15.6 Å². The Bertz CT molecular complexity index is 513. The van der Waals surface area contributed by atoms with Gasteiger partial charge in [0.05, 0.1) is 5.02 Å². The van der Waals surface area contributed by atoms with Gasteiger partial charge in [-0.25, -0.2) is 8.42 Å². The average Bonchev–Trinajstić information content (AvgIpc) is 2.05. The van der Waals surface area contributed by atoms with Gasteiger partial charge in [-0.05, 0) is 17.0 Å². The van der Waals surface area contributed by atoms with Crippen LogP contribution in [0.3, 0.4) is 0 Å². The minimum atomic E-state index is -3.45. The molecule has 0 spiro atoms. The van der Waals surface area contributed by atoms with Gasteiger partial charge in [0, 0.05) is 6.26 Å². The molecular formula is C11H15ClO3S. The van der Waals surface area contributed by atoms with Gasteiger partial charge in [0.25, 0.3) is 0 Å². The van der Waals surface area contributed by atoms with Gasteiger partial charge < -0.3 is 5.11 Å². The van der Waals surface area contributed by atoms with E-state index in [0.29, 0.717) is 0 Å². The van der Waals surface area contributed by atoms with E-state index in [-0.39, 0.29) is 21.1 Å². The third-order valence-corrected chi connectivity index (χ3v) is 3.80. The lowest BCUT2D eigenvalue weighted by atomic mass is 9.87. The number of phenolic OH excluding ortho intramolecular Hbond substituents is 1. The van der Waals surface area contributed by atoms with E-state index in [1.54, 1.807) is 6.07 Å². The van der Waals surface area contributed by atoms with Gasteiger partial charge in [0.1, 0.15) is 4.90 Å². The second-order valence-electron chi connectivity index (χ2n) is 4.80. The number of phenols is 1. The van der Waals surface area contributed by atoms with Crippen molar-refractivity contribution in [3.63, 3.8) is 0 Å². The molecule has 0 fully saturated rings. The lowest BCUT2D eigenvalue weighted by molar-refractivity contribution is 0.455. The molecular weight excluding hydrogens is 248 g/mol. The van der Waals surface area contributed by atoms with Crippen LogP contribution in [0.2, 0.25) is 5.02 Å². The van der Waals surface area contributed by atoms with Crippen molar-refractivity contribution in [2.24, 2.45) is 0 Å². The highest BCUT2D eigenvalue weighted by molar-refractivity contribution is 7.90. The van der Waals surface area contributed by atoms with E-state index in [9.17, 15) is 13.5 Å². The summed E-state index contributed by atoms with van der Waals surface area (Å²) in [5, 5.41) is 9.87. The summed E-state index contributed by atoms with van der Waals surface area (Å²) in [6.07, 6.45) is 1.04. The maximum atomic E-state index is 11.3. The van der Waals surface area contributed by atoms with E-state index in [0.717, 1.165) is 11.8 Å². The van der Waals surface area contributed by atoms with Crippen LogP contribution in [0.4, 0.5) is 0 Å². The Balaban J connectivity index is 3.54. The highest BCUT2D eigenvalue weighted by Gasteiger charge is 2.23. The van der Waals surface area contributed by atoms with Crippen molar-refractivity contribution >= 4 is 21.4 Å². The highest BCUT2D eigenvalue weighted by Crippen LogP contribution is 2.39. The van der Waals surface area contributed by atoms with E-state index in [1.165, 1.54) is 6.07 Å². The quantitative estimate of drug-likeness (QED) is 0.847. The zero-order valence-corrected chi connectivity index (χ0v) is 11.3. The van der Waals surface area contributed by atoms with Crippen LogP contribution in [0.25, 0.3) is 0 Å². The topological polar surface area (TPSA) is 54.4 Å². The molecule has 0 saturated carbocycles. The van der Waals surface area contributed by atoms with Crippen LogP contribution < -0.4 is 0 Å². The van der Waals surface area contributed by atoms with Gasteiger partial charge in [-0.2, -0.15) is 0 Å². The largest absolute Gasteiger partial charge is 0.505 e. The monoisotopic (exact) mass is 262 g/mol. The second kappa shape index (κ2) is 3.93. The van der Waals surface area contributed by atoms with Crippen LogP contribution in [0.1, 0.15) is 26.3 Å². The van der Waals surface area contributed by atoms with Crippen LogP contribution in [0.5, 0.6) is 5.75 Å². The van der Waals surface area contributed by atoms with Gasteiger partial charge in [-0.15, -0.1) is 0 Å². The fourth-order valence-electron chi connectivity index (χ4n) is 1.43. The number of benzene rings is 1.